The van der Waals surface area contributed by atoms with Gasteiger partial charge in [-0.25, -0.2) is 4.68 Å². The van der Waals surface area contributed by atoms with Crippen LogP contribution in [0.3, 0.4) is 0 Å². The highest BCUT2D eigenvalue weighted by Gasteiger charge is 2.19. The quantitative estimate of drug-likeness (QED) is 0.919. The second-order valence-electron chi connectivity index (χ2n) is 5.46. The van der Waals surface area contributed by atoms with Crippen molar-refractivity contribution in [1.82, 2.24) is 9.78 Å². The van der Waals surface area contributed by atoms with Crippen molar-refractivity contribution in [2.75, 3.05) is 5.73 Å². The van der Waals surface area contributed by atoms with Gasteiger partial charge in [-0.2, -0.15) is 5.10 Å². The van der Waals surface area contributed by atoms with Gasteiger partial charge < -0.3 is 5.73 Å². The summed E-state index contributed by atoms with van der Waals surface area (Å²) in [6.45, 7) is 9.71. The van der Waals surface area contributed by atoms with Crippen LogP contribution in [0.25, 0.3) is 0 Å². The number of halogens is 1. The summed E-state index contributed by atoms with van der Waals surface area (Å²) in [7, 11) is 0. The van der Waals surface area contributed by atoms with Gasteiger partial charge in [-0.3, -0.25) is 0 Å². The molecule has 0 spiro atoms. The SMILES string of the molecule is CCCCn1nc(CC(C)(C)C)c(Br)c1N. The fraction of sp³-hybridized carbons (Fsp3) is 0.750. The smallest absolute Gasteiger partial charge is 0.136 e. The van der Waals surface area contributed by atoms with Gasteiger partial charge in [0.25, 0.3) is 0 Å². The number of aromatic nitrogens is 2. The van der Waals surface area contributed by atoms with Gasteiger partial charge in [-0.1, -0.05) is 34.1 Å². The molecule has 1 aromatic rings. The van der Waals surface area contributed by atoms with E-state index in [4.69, 9.17) is 5.73 Å². The third kappa shape index (κ3) is 3.51. The van der Waals surface area contributed by atoms with Crippen molar-refractivity contribution in [2.24, 2.45) is 5.41 Å². The molecule has 1 rings (SSSR count). The molecule has 1 heterocycles. The van der Waals surface area contributed by atoms with Gasteiger partial charge in [0, 0.05) is 6.54 Å². The Kier molecular flexibility index (Phi) is 4.42. The zero-order chi connectivity index (χ0) is 12.3. The maximum atomic E-state index is 6.02. The summed E-state index contributed by atoms with van der Waals surface area (Å²) in [5, 5.41) is 4.58. The van der Waals surface area contributed by atoms with Gasteiger partial charge in [0.15, 0.2) is 0 Å². The van der Waals surface area contributed by atoms with Crippen molar-refractivity contribution in [3.63, 3.8) is 0 Å². The Balaban J connectivity index is 2.87. The number of hydrogen-bond acceptors (Lipinski definition) is 2. The van der Waals surface area contributed by atoms with Crippen LogP contribution in [0.1, 0.15) is 46.2 Å². The van der Waals surface area contributed by atoms with Crippen LogP contribution in [-0.2, 0) is 13.0 Å². The first-order valence-corrected chi connectivity index (χ1v) is 6.65. The van der Waals surface area contributed by atoms with Crippen molar-refractivity contribution < 1.29 is 0 Å². The summed E-state index contributed by atoms with van der Waals surface area (Å²) in [6, 6.07) is 0. The number of rotatable bonds is 4. The monoisotopic (exact) mass is 287 g/mol. The molecule has 0 saturated heterocycles. The molecule has 0 unspecified atom stereocenters. The molecule has 0 aromatic carbocycles. The highest BCUT2D eigenvalue weighted by Crippen LogP contribution is 2.29. The molecule has 1 aromatic heterocycles. The van der Waals surface area contributed by atoms with Crippen LogP contribution in [0, 0.1) is 5.41 Å². The van der Waals surface area contributed by atoms with Crippen LogP contribution in [-0.4, -0.2) is 9.78 Å². The Labute approximate surface area is 107 Å². The van der Waals surface area contributed by atoms with E-state index in [1.54, 1.807) is 0 Å². The van der Waals surface area contributed by atoms with E-state index in [9.17, 15) is 0 Å². The second kappa shape index (κ2) is 5.21. The van der Waals surface area contributed by atoms with E-state index in [2.05, 4.69) is 48.7 Å². The normalized spacial score (nSPS) is 12.1. The molecule has 4 heteroatoms. The summed E-state index contributed by atoms with van der Waals surface area (Å²) >= 11 is 3.54. The van der Waals surface area contributed by atoms with Crippen molar-refractivity contribution >= 4 is 21.7 Å². The molecule has 2 N–H and O–H groups in total. The predicted molar refractivity (Wildman–Crippen MR) is 72.4 cm³/mol. The zero-order valence-electron chi connectivity index (χ0n) is 10.7. The number of anilines is 1. The molecule has 16 heavy (non-hydrogen) atoms. The largest absolute Gasteiger partial charge is 0.383 e. The lowest BCUT2D eigenvalue weighted by molar-refractivity contribution is 0.402. The van der Waals surface area contributed by atoms with E-state index >= 15 is 0 Å². The summed E-state index contributed by atoms with van der Waals surface area (Å²) < 4.78 is 2.88. The fourth-order valence-corrected chi connectivity index (χ4v) is 2.02. The minimum atomic E-state index is 0.235. The first-order valence-electron chi connectivity index (χ1n) is 5.86. The third-order valence-corrected chi connectivity index (χ3v) is 3.28. The molecule has 0 bridgehead atoms. The van der Waals surface area contributed by atoms with Gasteiger partial charge in [0.1, 0.15) is 5.82 Å². The molecule has 3 nitrogen and oxygen atoms in total. The van der Waals surface area contributed by atoms with Crippen LogP contribution in [0.5, 0.6) is 0 Å². The Bertz CT molecular complexity index is 350. The van der Waals surface area contributed by atoms with Crippen LogP contribution in [0.15, 0.2) is 4.47 Å². The van der Waals surface area contributed by atoms with E-state index in [0.29, 0.717) is 0 Å². The molecular weight excluding hydrogens is 266 g/mol. The van der Waals surface area contributed by atoms with E-state index in [1.807, 2.05) is 4.68 Å². The van der Waals surface area contributed by atoms with E-state index in [0.717, 1.165) is 41.8 Å². The number of nitrogens with zero attached hydrogens (tertiary/aromatic N) is 2. The Morgan fingerprint density at radius 3 is 2.50 bits per heavy atom. The molecule has 0 radical (unpaired) electrons. The lowest BCUT2D eigenvalue weighted by atomic mass is 9.91. The topological polar surface area (TPSA) is 43.8 Å². The Morgan fingerprint density at radius 2 is 2.00 bits per heavy atom. The molecule has 0 aliphatic heterocycles. The maximum Gasteiger partial charge on any atom is 0.136 e. The summed E-state index contributed by atoms with van der Waals surface area (Å²) in [5.74, 6) is 0.757. The number of nitrogens with two attached hydrogens (primary N) is 1. The Hall–Kier alpha value is -0.510. The van der Waals surface area contributed by atoms with Crippen molar-refractivity contribution in [3.8, 4) is 0 Å². The van der Waals surface area contributed by atoms with E-state index in [-0.39, 0.29) is 5.41 Å². The number of nitrogen functional groups attached to an aromatic ring is 1. The average molecular weight is 288 g/mol. The first-order chi connectivity index (χ1) is 7.35. The predicted octanol–water partition coefficient (Wildman–Crippen LogP) is 3.62. The Morgan fingerprint density at radius 1 is 1.38 bits per heavy atom. The molecular formula is C12H22BrN3. The van der Waals surface area contributed by atoms with Crippen LogP contribution < -0.4 is 5.73 Å². The van der Waals surface area contributed by atoms with Gasteiger partial charge in [-0.15, -0.1) is 0 Å². The summed E-state index contributed by atoms with van der Waals surface area (Å²) in [5.41, 5.74) is 7.32. The number of unbranched alkanes of at least 4 members (excludes halogenated alkanes) is 1. The van der Waals surface area contributed by atoms with E-state index < -0.39 is 0 Å². The molecule has 92 valence electrons. The summed E-state index contributed by atoms with van der Waals surface area (Å²) in [4.78, 5) is 0. The highest BCUT2D eigenvalue weighted by molar-refractivity contribution is 9.10. The van der Waals surface area contributed by atoms with Gasteiger partial charge >= 0.3 is 0 Å². The van der Waals surface area contributed by atoms with Crippen LogP contribution in [0.4, 0.5) is 5.82 Å². The van der Waals surface area contributed by atoms with Crippen LogP contribution in [0.2, 0.25) is 0 Å². The molecule has 0 atom stereocenters. The standard InChI is InChI=1S/C12H22BrN3/c1-5-6-7-16-11(14)10(13)9(15-16)8-12(2,3)4/h5-8,14H2,1-4H3. The highest BCUT2D eigenvalue weighted by atomic mass is 79.9. The molecule has 0 amide bonds. The molecule has 0 saturated carbocycles. The van der Waals surface area contributed by atoms with Crippen molar-refractivity contribution in [2.45, 2.75) is 53.5 Å². The summed E-state index contributed by atoms with van der Waals surface area (Å²) in [6.07, 6.45) is 3.22. The lowest BCUT2D eigenvalue weighted by Crippen LogP contribution is -2.10. The first kappa shape index (κ1) is 13.6. The van der Waals surface area contributed by atoms with Crippen molar-refractivity contribution in [3.05, 3.63) is 10.2 Å². The minimum absolute atomic E-state index is 0.235. The number of aryl methyl sites for hydroxylation is 1. The fourth-order valence-electron chi connectivity index (χ4n) is 1.60. The third-order valence-electron chi connectivity index (χ3n) is 2.42. The van der Waals surface area contributed by atoms with Crippen molar-refractivity contribution in [1.29, 1.82) is 0 Å². The zero-order valence-corrected chi connectivity index (χ0v) is 12.3. The maximum absolute atomic E-state index is 6.02. The molecule has 0 fully saturated rings. The molecule has 0 aliphatic rings. The van der Waals surface area contributed by atoms with Gasteiger partial charge in [0.05, 0.1) is 10.2 Å². The minimum Gasteiger partial charge on any atom is -0.383 e. The van der Waals surface area contributed by atoms with Gasteiger partial charge in [-0.05, 0) is 34.2 Å². The second-order valence-corrected chi connectivity index (χ2v) is 6.25. The van der Waals surface area contributed by atoms with Gasteiger partial charge in [0.2, 0.25) is 0 Å². The van der Waals surface area contributed by atoms with Crippen LogP contribution >= 0.6 is 15.9 Å². The molecule has 0 aliphatic carbocycles. The number of hydrogen-bond donors (Lipinski definition) is 1. The average Bonchev–Trinajstić information content (AvgIpc) is 2.41. The lowest BCUT2D eigenvalue weighted by Gasteiger charge is -2.16. The van der Waals surface area contributed by atoms with E-state index in [1.165, 1.54) is 0 Å².